The Hall–Kier alpha value is -2.14. The first-order valence-electron chi connectivity index (χ1n) is 16.8. The van der Waals surface area contributed by atoms with Gasteiger partial charge in [0.05, 0.1) is 0 Å². The van der Waals surface area contributed by atoms with Crippen molar-refractivity contribution >= 4 is 54.1 Å². The van der Waals surface area contributed by atoms with Gasteiger partial charge in [0.15, 0.2) is 8.80 Å². The Morgan fingerprint density at radius 1 is 0.378 bits per heavy atom. The van der Waals surface area contributed by atoms with Gasteiger partial charge in [0.25, 0.3) is 0 Å². The minimum atomic E-state index is -1.11. The second kappa shape index (κ2) is 17.7. The van der Waals surface area contributed by atoms with Gasteiger partial charge >= 0.3 is 70.5 Å². The van der Waals surface area contributed by atoms with Gasteiger partial charge in [-0.15, -0.1) is 0 Å². The van der Waals surface area contributed by atoms with Gasteiger partial charge in [-0.25, -0.2) is 0 Å². The van der Waals surface area contributed by atoms with Crippen LogP contribution in [-0.4, -0.2) is 34.1 Å². The summed E-state index contributed by atoms with van der Waals surface area (Å²) in [6.07, 6.45) is 0. The Morgan fingerprint density at radius 3 is 0.756 bits per heavy atom. The molecule has 0 aromatic heterocycles. The zero-order chi connectivity index (χ0) is 34.2. The van der Waals surface area contributed by atoms with Gasteiger partial charge in [0, 0.05) is 8.80 Å². The van der Waals surface area contributed by atoms with Crippen LogP contribution >= 0.6 is 0 Å². The van der Waals surface area contributed by atoms with E-state index in [4.69, 9.17) is 0 Å². The average Bonchev–Trinajstić information content (AvgIpc) is 2.91. The largest absolute Gasteiger partial charge is 0.156 e. The van der Waals surface area contributed by atoms with Crippen LogP contribution in [0.2, 0.25) is 18.1 Å². The van der Waals surface area contributed by atoms with Crippen molar-refractivity contribution in [2.45, 2.75) is 122 Å². The van der Waals surface area contributed by atoms with E-state index in [0.717, 1.165) is 0 Å². The molecule has 0 atom stereocenters. The first-order valence-corrected chi connectivity index (χ1v) is 21.7. The van der Waals surface area contributed by atoms with Crippen molar-refractivity contribution in [1.82, 2.24) is 0 Å². The number of hydrogen-bond acceptors (Lipinski definition) is 0. The summed E-state index contributed by atoms with van der Waals surface area (Å²) in [6, 6.07) is 23.0. The molecule has 0 saturated carbocycles. The molecule has 0 bridgehead atoms. The van der Waals surface area contributed by atoms with Crippen molar-refractivity contribution in [3.8, 4) is 0 Å². The Labute approximate surface area is 289 Å². The molecule has 0 nitrogen and oxygen atoms in total. The summed E-state index contributed by atoms with van der Waals surface area (Å²) >= 11 is 1.72. The standard InChI is InChI=1S/C27H33Si.C9H12Ge.C6H15Si/c1-16-10-19(4)25(20(5)11-16)28(26-21(6)12-17(2)13-22(26)7)27-23(8)14-18(3)15-24(27)9;1-6-4-7(2)9(10)8(3)5-6;1-4-7(5-2)6-3/h10-15H,1-9H3;4-5,10H,1-3H3;4-6H2,1-3H3. The maximum atomic E-state index is 2.37. The molecule has 0 spiro atoms. The Kier molecular flexibility index (Phi) is 15.3. The maximum absolute atomic E-state index is 2.37. The molecule has 3 heteroatoms. The van der Waals surface area contributed by atoms with E-state index in [1.807, 2.05) is 0 Å². The monoisotopic (exact) mass is 694 g/mol. The van der Waals surface area contributed by atoms with Crippen LogP contribution in [0.15, 0.2) is 48.5 Å². The van der Waals surface area contributed by atoms with Crippen molar-refractivity contribution in [1.29, 1.82) is 0 Å². The van der Waals surface area contributed by atoms with E-state index >= 15 is 0 Å². The third kappa shape index (κ3) is 10.4. The SMILES string of the molecule is CC[Si](CC)CC.Cc1cc(C)[c]([GeH])c(C)c1.Cc1cc(C)c([Si](c2c(C)cc(C)cc2C)c2c(C)cc(C)cc2C)c(C)c1. The first kappa shape index (κ1) is 39.0. The van der Waals surface area contributed by atoms with Crippen LogP contribution in [0.4, 0.5) is 0 Å². The van der Waals surface area contributed by atoms with Crippen LogP contribution in [0, 0.1) is 83.1 Å². The van der Waals surface area contributed by atoms with Gasteiger partial charge in [-0.05, 0) is 77.9 Å². The molecule has 0 aliphatic heterocycles. The predicted octanol–water partition coefficient (Wildman–Crippen LogP) is 8.66. The molecule has 4 aromatic rings. The van der Waals surface area contributed by atoms with E-state index in [1.54, 1.807) is 32.1 Å². The Balaban J connectivity index is 0.000000339. The van der Waals surface area contributed by atoms with Crippen molar-refractivity contribution in [2.75, 3.05) is 0 Å². The smallest absolute Gasteiger partial charge is 0.0565 e. The molecular formula is C42H60GeSi2. The topological polar surface area (TPSA) is 0 Å². The molecule has 0 unspecified atom stereocenters. The fourth-order valence-corrected chi connectivity index (χ4v) is 12.4. The van der Waals surface area contributed by atoms with Crippen molar-refractivity contribution < 1.29 is 0 Å². The van der Waals surface area contributed by atoms with Crippen LogP contribution in [0.3, 0.4) is 0 Å². The van der Waals surface area contributed by atoms with E-state index in [1.165, 1.54) is 89.3 Å². The summed E-state index contributed by atoms with van der Waals surface area (Å²) in [4.78, 5) is 0. The van der Waals surface area contributed by atoms with Crippen molar-refractivity contribution in [3.05, 3.63) is 115 Å². The normalized spacial score (nSPS) is 10.9. The summed E-state index contributed by atoms with van der Waals surface area (Å²) in [5, 5.41) is 4.71. The number of aryl methyl sites for hydroxylation is 12. The molecule has 45 heavy (non-hydrogen) atoms. The minimum Gasteiger partial charge on any atom is -0.0565 e. The van der Waals surface area contributed by atoms with Gasteiger partial charge in [-0.1, -0.05) is 125 Å². The first-order chi connectivity index (χ1) is 21.1. The molecule has 0 amide bonds. The quantitative estimate of drug-likeness (QED) is 0.140. The number of hydrogen-bond donors (Lipinski definition) is 0. The molecule has 0 aliphatic rings. The molecular weight excluding hydrogens is 633 g/mol. The van der Waals surface area contributed by atoms with Crippen LogP contribution < -0.4 is 20.0 Å². The molecule has 4 aromatic carbocycles. The Morgan fingerprint density at radius 2 is 0.578 bits per heavy atom. The molecule has 0 N–H and O–H groups in total. The zero-order valence-corrected chi connectivity index (χ0v) is 35.7. The van der Waals surface area contributed by atoms with Gasteiger partial charge in [0.2, 0.25) is 0 Å². The van der Waals surface area contributed by atoms with E-state index in [-0.39, 0.29) is 8.80 Å². The molecule has 0 heterocycles. The van der Waals surface area contributed by atoms with Gasteiger partial charge < -0.3 is 0 Å². The van der Waals surface area contributed by atoms with E-state index in [2.05, 4.69) is 152 Å². The van der Waals surface area contributed by atoms with Crippen LogP contribution in [0.25, 0.3) is 0 Å². The fourth-order valence-electron chi connectivity index (χ4n) is 7.04. The second-order valence-electron chi connectivity index (χ2n) is 13.3. The molecule has 0 fully saturated rings. The third-order valence-electron chi connectivity index (χ3n) is 9.02. The number of benzene rings is 4. The van der Waals surface area contributed by atoms with Gasteiger partial charge in [-0.2, -0.15) is 0 Å². The average molecular weight is 694 g/mol. The Bertz CT molecular complexity index is 1360. The molecule has 4 radical (unpaired) electrons. The second-order valence-corrected chi connectivity index (χ2v) is 20.4. The van der Waals surface area contributed by atoms with Crippen LogP contribution in [0.1, 0.15) is 87.5 Å². The third-order valence-corrected chi connectivity index (χ3v) is 17.8. The van der Waals surface area contributed by atoms with Gasteiger partial charge in [0.1, 0.15) is 0 Å². The summed E-state index contributed by atoms with van der Waals surface area (Å²) < 4.78 is 1.48. The molecule has 4 rings (SSSR count). The molecule has 0 saturated heterocycles. The predicted molar refractivity (Wildman–Crippen MR) is 211 cm³/mol. The van der Waals surface area contributed by atoms with Crippen LogP contribution in [0.5, 0.6) is 0 Å². The summed E-state index contributed by atoms with van der Waals surface area (Å²) in [5.74, 6) is 0. The molecule has 240 valence electrons. The minimum absolute atomic E-state index is 0.137. The van der Waals surface area contributed by atoms with E-state index in [9.17, 15) is 0 Å². The maximum Gasteiger partial charge on any atom is 0.156 e. The summed E-state index contributed by atoms with van der Waals surface area (Å²) in [6.45, 7) is 33.9. The molecule has 0 aliphatic carbocycles. The van der Waals surface area contributed by atoms with Crippen molar-refractivity contribution in [2.24, 2.45) is 0 Å². The zero-order valence-electron chi connectivity index (χ0n) is 31.3. The van der Waals surface area contributed by atoms with Gasteiger partial charge in [-0.3, -0.25) is 0 Å². The summed E-state index contributed by atoms with van der Waals surface area (Å²) in [5.41, 5.74) is 16.9. The van der Waals surface area contributed by atoms with Crippen molar-refractivity contribution in [3.63, 3.8) is 0 Å². The van der Waals surface area contributed by atoms with E-state index < -0.39 is 8.80 Å². The number of rotatable bonds is 6. The van der Waals surface area contributed by atoms with E-state index in [0.29, 0.717) is 0 Å². The fraction of sp³-hybridized carbons (Fsp3) is 0.429. The van der Waals surface area contributed by atoms with Crippen LogP contribution in [-0.2, 0) is 0 Å². The summed E-state index contributed by atoms with van der Waals surface area (Å²) in [7, 11) is -0.970.